The van der Waals surface area contributed by atoms with E-state index in [-0.39, 0.29) is 32.5 Å². The monoisotopic (exact) mass is 453 g/mol. The van der Waals surface area contributed by atoms with Gasteiger partial charge in [0.05, 0.1) is 16.4 Å². The van der Waals surface area contributed by atoms with Crippen molar-refractivity contribution < 1.29 is 31.1 Å². The lowest BCUT2D eigenvalue weighted by Crippen LogP contribution is -2.40. The summed E-state index contributed by atoms with van der Waals surface area (Å²) >= 11 is 0. The molecule has 0 aliphatic carbocycles. The van der Waals surface area contributed by atoms with E-state index in [1.54, 1.807) is 6.08 Å². The molecule has 0 radical (unpaired) electrons. The summed E-state index contributed by atoms with van der Waals surface area (Å²) in [5.74, 6) is -0.855. The van der Waals surface area contributed by atoms with Gasteiger partial charge < -0.3 is 4.74 Å². The van der Waals surface area contributed by atoms with Crippen LogP contribution in [0.2, 0.25) is 0 Å². The molecule has 9 heteroatoms. The van der Waals surface area contributed by atoms with Gasteiger partial charge in [0.15, 0.2) is 0 Å². The van der Waals surface area contributed by atoms with E-state index in [9.17, 15) is 26.4 Å². The molecule has 166 valence electrons. The number of rotatable bonds is 6. The molecule has 1 fully saturated rings. The lowest BCUT2D eigenvalue weighted by atomic mass is 9.98. The molecule has 0 spiro atoms. The van der Waals surface area contributed by atoms with Crippen molar-refractivity contribution in [2.24, 2.45) is 5.92 Å². The van der Waals surface area contributed by atoms with Crippen LogP contribution in [0.3, 0.4) is 0 Å². The first kappa shape index (κ1) is 23.0. The predicted octanol–water partition coefficient (Wildman–Crippen LogP) is 4.36. The highest BCUT2D eigenvalue weighted by Crippen LogP contribution is 2.32. The molecule has 0 unspecified atom stereocenters. The Morgan fingerprint density at radius 1 is 1.06 bits per heavy atom. The Morgan fingerprint density at radius 2 is 1.74 bits per heavy atom. The lowest BCUT2D eigenvalue weighted by Gasteiger charge is -2.30. The molecule has 31 heavy (non-hydrogen) atoms. The third kappa shape index (κ3) is 5.95. The van der Waals surface area contributed by atoms with Gasteiger partial charge in [0.2, 0.25) is 10.0 Å². The molecule has 2 aromatic rings. The summed E-state index contributed by atoms with van der Waals surface area (Å²) in [5.41, 5.74) is -0.0396. The van der Waals surface area contributed by atoms with Gasteiger partial charge in [0.1, 0.15) is 6.61 Å². The second kappa shape index (κ2) is 9.65. The van der Waals surface area contributed by atoms with E-state index in [1.165, 1.54) is 0 Å². The Hall–Kier alpha value is -2.65. The van der Waals surface area contributed by atoms with Crippen LogP contribution in [-0.2, 0) is 25.7 Å². The zero-order valence-electron chi connectivity index (χ0n) is 16.6. The number of piperidine rings is 1. The quantitative estimate of drug-likeness (QED) is 0.610. The van der Waals surface area contributed by atoms with E-state index in [2.05, 4.69) is 0 Å². The number of halogens is 3. The third-order valence-electron chi connectivity index (χ3n) is 5.02. The van der Waals surface area contributed by atoms with Crippen molar-refractivity contribution in [3.05, 3.63) is 71.8 Å². The molecule has 1 heterocycles. The second-order valence-corrected chi connectivity index (χ2v) is 9.08. The predicted molar refractivity (Wildman–Crippen MR) is 109 cm³/mol. The Bertz CT molecular complexity index is 1030. The van der Waals surface area contributed by atoms with E-state index in [0.29, 0.717) is 6.07 Å². The lowest BCUT2D eigenvalue weighted by molar-refractivity contribution is -0.148. The summed E-state index contributed by atoms with van der Waals surface area (Å²) in [6.07, 6.45) is -0.575. The van der Waals surface area contributed by atoms with E-state index in [4.69, 9.17) is 4.74 Å². The van der Waals surface area contributed by atoms with Gasteiger partial charge in [-0.25, -0.2) is 8.42 Å². The molecule has 1 saturated heterocycles. The van der Waals surface area contributed by atoms with Crippen LogP contribution in [0.5, 0.6) is 0 Å². The minimum absolute atomic E-state index is 0.0399. The summed E-state index contributed by atoms with van der Waals surface area (Å²) in [6, 6.07) is 13.2. The van der Waals surface area contributed by atoms with Crippen molar-refractivity contribution in [1.29, 1.82) is 0 Å². The Kier molecular flexibility index (Phi) is 7.17. The summed E-state index contributed by atoms with van der Waals surface area (Å²) in [4.78, 5) is 11.8. The Balaban J connectivity index is 1.54. The maximum atomic E-state index is 12.9. The fourth-order valence-corrected chi connectivity index (χ4v) is 4.83. The highest BCUT2D eigenvalue weighted by molar-refractivity contribution is 7.89. The molecule has 0 saturated carbocycles. The Labute approximate surface area is 179 Å². The number of nitrogens with zero attached hydrogens (tertiary/aromatic N) is 1. The van der Waals surface area contributed by atoms with Gasteiger partial charge in [-0.15, -0.1) is 0 Å². The maximum Gasteiger partial charge on any atom is 0.416 e. The molecule has 0 amide bonds. The van der Waals surface area contributed by atoms with Gasteiger partial charge in [-0.2, -0.15) is 17.5 Å². The summed E-state index contributed by atoms with van der Waals surface area (Å²) in [7, 11) is -4.08. The average molecular weight is 453 g/mol. The number of ether oxygens (including phenoxy) is 1. The zero-order chi connectivity index (χ0) is 22.5. The van der Waals surface area contributed by atoms with Crippen LogP contribution in [-0.4, -0.2) is 38.4 Å². The number of hydrogen-bond acceptors (Lipinski definition) is 4. The molecular formula is C22H22F3NO4S. The van der Waals surface area contributed by atoms with Crippen molar-refractivity contribution in [2.45, 2.75) is 23.9 Å². The normalized spacial score (nSPS) is 16.5. The van der Waals surface area contributed by atoms with Crippen LogP contribution < -0.4 is 0 Å². The second-order valence-electron chi connectivity index (χ2n) is 7.15. The smallest absolute Gasteiger partial charge is 0.416 e. The molecule has 2 aromatic carbocycles. The van der Waals surface area contributed by atoms with Gasteiger partial charge in [0, 0.05) is 13.1 Å². The molecule has 0 N–H and O–H groups in total. The molecular weight excluding hydrogens is 431 g/mol. The van der Waals surface area contributed by atoms with E-state index in [0.717, 1.165) is 28.1 Å². The van der Waals surface area contributed by atoms with Gasteiger partial charge in [-0.3, -0.25) is 4.79 Å². The molecule has 5 nitrogen and oxygen atoms in total. The van der Waals surface area contributed by atoms with E-state index >= 15 is 0 Å². The van der Waals surface area contributed by atoms with Crippen molar-refractivity contribution >= 4 is 22.1 Å². The fraction of sp³-hybridized carbons (Fsp3) is 0.318. The first-order valence-electron chi connectivity index (χ1n) is 9.73. The third-order valence-corrected chi connectivity index (χ3v) is 6.91. The molecule has 0 atom stereocenters. The van der Waals surface area contributed by atoms with Crippen molar-refractivity contribution in [1.82, 2.24) is 4.31 Å². The van der Waals surface area contributed by atoms with Crippen LogP contribution in [0.25, 0.3) is 6.08 Å². The van der Waals surface area contributed by atoms with Gasteiger partial charge in [-0.05, 0) is 42.7 Å². The Morgan fingerprint density at radius 3 is 2.39 bits per heavy atom. The first-order chi connectivity index (χ1) is 14.7. The van der Waals surface area contributed by atoms with Gasteiger partial charge in [0.25, 0.3) is 0 Å². The van der Waals surface area contributed by atoms with Crippen LogP contribution in [0.4, 0.5) is 13.2 Å². The highest BCUT2D eigenvalue weighted by Gasteiger charge is 2.35. The van der Waals surface area contributed by atoms with Crippen LogP contribution >= 0.6 is 0 Å². The van der Waals surface area contributed by atoms with Gasteiger partial charge >= 0.3 is 12.1 Å². The highest BCUT2D eigenvalue weighted by atomic mass is 32.2. The molecule has 1 aliphatic heterocycles. The fourth-order valence-electron chi connectivity index (χ4n) is 3.31. The first-order valence-corrected chi connectivity index (χ1v) is 11.2. The summed E-state index contributed by atoms with van der Waals surface area (Å²) < 4.78 is 70.5. The minimum Gasteiger partial charge on any atom is -0.461 e. The summed E-state index contributed by atoms with van der Waals surface area (Å²) in [5, 5.41) is 0. The number of hydrogen-bond donors (Lipinski definition) is 0. The number of sulfonamides is 1. The molecule has 0 bridgehead atoms. The van der Waals surface area contributed by atoms with Crippen molar-refractivity contribution in [3.8, 4) is 0 Å². The summed E-state index contributed by atoms with van der Waals surface area (Å²) in [6.45, 7) is 0.187. The largest absolute Gasteiger partial charge is 0.461 e. The SMILES string of the molecule is O=C(OC/C=C/c1ccccc1)C1CCN(S(=O)(=O)c2cccc(C(F)(F)F)c2)CC1. The topological polar surface area (TPSA) is 63.7 Å². The van der Waals surface area contributed by atoms with Crippen LogP contribution in [0.1, 0.15) is 24.0 Å². The number of benzene rings is 2. The average Bonchev–Trinajstić information content (AvgIpc) is 2.77. The maximum absolute atomic E-state index is 12.9. The van der Waals surface area contributed by atoms with E-state index < -0.39 is 38.5 Å². The number of alkyl halides is 3. The van der Waals surface area contributed by atoms with Gasteiger partial charge in [-0.1, -0.05) is 42.5 Å². The van der Waals surface area contributed by atoms with Crippen molar-refractivity contribution in [3.63, 3.8) is 0 Å². The van der Waals surface area contributed by atoms with E-state index in [1.807, 2.05) is 36.4 Å². The molecule has 3 rings (SSSR count). The molecule has 1 aliphatic rings. The van der Waals surface area contributed by atoms with Crippen molar-refractivity contribution in [2.75, 3.05) is 19.7 Å². The number of carbonyl (C=O) groups is 1. The van der Waals surface area contributed by atoms with Crippen LogP contribution in [0.15, 0.2) is 65.6 Å². The molecule has 0 aromatic heterocycles. The number of carbonyl (C=O) groups excluding carboxylic acids is 1. The minimum atomic E-state index is -4.63. The zero-order valence-corrected chi connectivity index (χ0v) is 17.4. The van der Waals surface area contributed by atoms with Crippen LogP contribution in [0, 0.1) is 5.92 Å². The standard InChI is InChI=1S/C22H22F3NO4S/c23-22(24,25)19-9-4-10-20(16-19)31(28,29)26-13-11-18(12-14-26)21(27)30-15-5-8-17-6-2-1-3-7-17/h1-10,16,18H,11-15H2/b8-5+. The number of esters is 1.